The Bertz CT molecular complexity index is 3990. The van der Waals surface area contributed by atoms with Gasteiger partial charge in [-0.25, -0.2) is 15.0 Å². The molecule has 0 saturated heterocycles. The van der Waals surface area contributed by atoms with Crippen molar-refractivity contribution in [3.63, 3.8) is 0 Å². The van der Waals surface area contributed by atoms with Crippen LogP contribution in [0.25, 0.3) is 127 Å². The zero-order valence-corrected chi connectivity index (χ0v) is 35.2. The summed E-state index contributed by atoms with van der Waals surface area (Å²) in [6.07, 6.45) is 0. The second-order valence-electron chi connectivity index (χ2n) is 16.8. The number of fused-ring (bicyclic) bond motifs is 8. The first kappa shape index (κ1) is 36.9. The van der Waals surface area contributed by atoms with Crippen molar-refractivity contribution >= 4 is 64.9 Å². The number of aromatic nitrogens is 4. The molecule has 0 amide bonds. The first-order valence-electron chi connectivity index (χ1n) is 22.1. The van der Waals surface area contributed by atoms with Crippen LogP contribution in [0.5, 0.6) is 0 Å². The highest BCUT2D eigenvalue weighted by atomic mass is 15.0. The summed E-state index contributed by atoms with van der Waals surface area (Å²) in [6, 6.07) is 82.6. The quantitative estimate of drug-likeness (QED) is 0.168. The average molecular weight is 827 g/mol. The van der Waals surface area contributed by atoms with E-state index in [4.69, 9.17) is 15.0 Å². The van der Waals surface area contributed by atoms with Gasteiger partial charge in [0.05, 0.1) is 16.7 Å². The van der Waals surface area contributed by atoms with E-state index in [1.54, 1.807) is 0 Å². The molecule has 0 aliphatic carbocycles. The van der Waals surface area contributed by atoms with Crippen LogP contribution in [-0.2, 0) is 0 Å². The lowest BCUT2D eigenvalue weighted by molar-refractivity contribution is 1.08. The first-order valence-corrected chi connectivity index (χ1v) is 22.1. The van der Waals surface area contributed by atoms with Crippen molar-refractivity contribution in [1.82, 2.24) is 19.5 Å². The molecule has 2 heterocycles. The Hall–Kier alpha value is -8.73. The zero-order chi connectivity index (χ0) is 42.8. The van der Waals surface area contributed by atoms with Crippen molar-refractivity contribution in [1.29, 1.82) is 0 Å². The van der Waals surface area contributed by atoms with Crippen LogP contribution in [0.3, 0.4) is 0 Å². The first-order chi connectivity index (χ1) is 32.2. The second kappa shape index (κ2) is 15.0. The summed E-state index contributed by atoms with van der Waals surface area (Å²) in [6.45, 7) is 0. The van der Waals surface area contributed by atoms with Gasteiger partial charge >= 0.3 is 0 Å². The zero-order valence-electron chi connectivity index (χ0n) is 35.2. The minimum atomic E-state index is 0.611. The number of hydrogen-bond donors (Lipinski definition) is 0. The normalized spacial score (nSPS) is 11.7. The van der Waals surface area contributed by atoms with E-state index in [9.17, 15) is 0 Å². The van der Waals surface area contributed by atoms with Gasteiger partial charge in [0.2, 0.25) is 0 Å². The highest BCUT2D eigenvalue weighted by Crippen LogP contribution is 2.46. The van der Waals surface area contributed by atoms with Crippen LogP contribution in [-0.4, -0.2) is 19.5 Å². The van der Waals surface area contributed by atoms with Gasteiger partial charge in [-0.2, -0.15) is 0 Å². The molecule has 65 heavy (non-hydrogen) atoms. The molecule has 13 rings (SSSR count). The van der Waals surface area contributed by atoms with Crippen molar-refractivity contribution in [2.75, 3.05) is 0 Å². The van der Waals surface area contributed by atoms with Crippen molar-refractivity contribution in [2.24, 2.45) is 0 Å². The Labute approximate surface area is 375 Å². The van der Waals surface area contributed by atoms with Gasteiger partial charge in [0.1, 0.15) is 0 Å². The van der Waals surface area contributed by atoms with E-state index in [2.05, 4.69) is 217 Å². The van der Waals surface area contributed by atoms with Crippen molar-refractivity contribution < 1.29 is 0 Å². The number of benzene rings is 11. The monoisotopic (exact) mass is 826 g/mol. The summed E-state index contributed by atoms with van der Waals surface area (Å²) in [5.74, 6) is 1.86. The predicted molar refractivity (Wildman–Crippen MR) is 271 cm³/mol. The van der Waals surface area contributed by atoms with E-state index < -0.39 is 0 Å². The average Bonchev–Trinajstić information content (AvgIpc) is 3.70. The van der Waals surface area contributed by atoms with E-state index >= 15 is 0 Å². The molecular formula is C61H38N4. The maximum Gasteiger partial charge on any atom is 0.164 e. The molecule has 0 aliphatic heterocycles. The Kier molecular flexibility index (Phi) is 8.50. The maximum absolute atomic E-state index is 5.43. The number of hydrogen-bond acceptors (Lipinski definition) is 3. The van der Waals surface area contributed by atoms with E-state index in [-0.39, 0.29) is 0 Å². The van der Waals surface area contributed by atoms with Crippen molar-refractivity contribution in [3.8, 4) is 62.1 Å². The van der Waals surface area contributed by atoms with Crippen molar-refractivity contribution in [2.45, 2.75) is 0 Å². The molecule has 2 aromatic heterocycles. The molecule has 0 atom stereocenters. The molecule has 0 aliphatic rings. The third-order valence-electron chi connectivity index (χ3n) is 13.0. The van der Waals surface area contributed by atoms with Crippen LogP contribution < -0.4 is 0 Å². The molecule has 0 N–H and O–H groups in total. The van der Waals surface area contributed by atoms with Crippen LogP contribution >= 0.6 is 0 Å². The largest absolute Gasteiger partial charge is 0.308 e. The minimum absolute atomic E-state index is 0.611. The fourth-order valence-corrected chi connectivity index (χ4v) is 9.87. The van der Waals surface area contributed by atoms with E-state index in [1.807, 2.05) is 18.2 Å². The lowest BCUT2D eigenvalue weighted by Crippen LogP contribution is -2.04. The fraction of sp³-hybridized carbons (Fsp3) is 0. The molecular weight excluding hydrogens is 789 g/mol. The molecule has 13 aromatic rings. The highest BCUT2D eigenvalue weighted by Gasteiger charge is 2.24. The SMILES string of the molecule is c1ccc(-c2ccc3c(-n4c5cc6ccccc6cc5c5c6ccccc6ccc54)c(-c4ccccc4)cc(-c4nc(-c5ccccc5)nc(-c5ccc6ccccc6c5)n4)c3c2)cc1. The number of nitrogens with zero attached hydrogens (tertiary/aromatic N) is 4. The van der Waals surface area contributed by atoms with Crippen molar-refractivity contribution in [3.05, 3.63) is 231 Å². The second-order valence-corrected chi connectivity index (χ2v) is 16.8. The Morgan fingerprint density at radius 2 is 0.815 bits per heavy atom. The van der Waals surface area contributed by atoms with Gasteiger partial charge in [-0.15, -0.1) is 0 Å². The van der Waals surface area contributed by atoms with Crippen LogP contribution in [0.1, 0.15) is 0 Å². The molecule has 4 nitrogen and oxygen atoms in total. The Morgan fingerprint density at radius 3 is 1.55 bits per heavy atom. The third-order valence-corrected chi connectivity index (χ3v) is 13.0. The van der Waals surface area contributed by atoms with Crippen LogP contribution in [0, 0.1) is 0 Å². The maximum atomic E-state index is 5.43. The summed E-state index contributed by atoms with van der Waals surface area (Å²) in [5, 5.41) is 11.8. The summed E-state index contributed by atoms with van der Waals surface area (Å²) < 4.78 is 2.52. The summed E-state index contributed by atoms with van der Waals surface area (Å²) in [5.41, 5.74) is 10.6. The van der Waals surface area contributed by atoms with Gasteiger partial charge in [0.15, 0.2) is 17.5 Å². The minimum Gasteiger partial charge on any atom is -0.308 e. The summed E-state index contributed by atoms with van der Waals surface area (Å²) >= 11 is 0. The standard InChI is InChI=1S/C61H38N4/c1-4-16-39(17-5-1)47-30-32-50-52(35-47)53(61-63-59(43-22-8-3-9-23-43)62-60(64-61)48-29-28-40-18-10-11-24-44(40)34-48)38-51(41-19-6-2-7-20-41)58(50)65-55-33-31-42-21-14-15-27-49(42)57(55)54-36-45-25-12-13-26-46(45)37-56(54)65/h1-38H. The van der Waals surface area contributed by atoms with Gasteiger partial charge in [0.25, 0.3) is 0 Å². The molecule has 4 heteroatoms. The molecule has 0 unspecified atom stereocenters. The Morgan fingerprint density at radius 1 is 0.262 bits per heavy atom. The van der Waals surface area contributed by atoms with Gasteiger partial charge in [-0.05, 0) is 90.8 Å². The molecule has 0 spiro atoms. The lowest BCUT2D eigenvalue weighted by Gasteiger charge is -2.21. The molecule has 0 bridgehead atoms. The Balaban J connectivity index is 1.18. The van der Waals surface area contributed by atoms with Crippen LogP contribution in [0.4, 0.5) is 0 Å². The smallest absolute Gasteiger partial charge is 0.164 e. The van der Waals surface area contributed by atoms with E-state index in [1.165, 1.54) is 37.7 Å². The van der Waals surface area contributed by atoms with Gasteiger partial charge in [-0.1, -0.05) is 194 Å². The summed E-state index contributed by atoms with van der Waals surface area (Å²) in [7, 11) is 0. The fourth-order valence-electron chi connectivity index (χ4n) is 9.87. The molecule has 11 aromatic carbocycles. The van der Waals surface area contributed by atoms with Gasteiger partial charge < -0.3 is 4.57 Å². The predicted octanol–water partition coefficient (Wildman–Crippen LogP) is 15.9. The topological polar surface area (TPSA) is 43.6 Å². The van der Waals surface area contributed by atoms with Crippen LogP contribution in [0.15, 0.2) is 231 Å². The highest BCUT2D eigenvalue weighted by molar-refractivity contribution is 6.24. The van der Waals surface area contributed by atoms with Gasteiger partial charge in [0, 0.05) is 38.4 Å². The molecule has 0 radical (unpaired) electrons. The van der Waals surface area contributed by atoms with Crippen LogP contribution in [0.2, 0.25) is 0 Å². The lowest BCUT2D eigenvalue weighted by atomic mass is 9.91. The van der Waals surface area contributed by atoms with Gasteiger partial charge in [-0.3, -0.25) is 0 Å². The third kappa shape index (κ3) is 6.18. The summed E-state index contributed by atoms with van der Waals surface area (Å²) in [4.78, 5) is 16.0. The number of rotatable bonds is 6. The molecule has 0 saturated carbocycles. The molecule has 0 fully saturated rings. The molecule has 302 valence electrons. The van der Waals surface area contributed by atoms with E-state index in [0.29, 0.717) is 17.5 Å². The van der Waals surface area contributed by atoms with E-state index in [0.717, 1.165) is 71.8 Å².